The summed E-state index contributed by atoms with van der Waals surface area (Å²) in [6.45, 7) is 3.81. The predicted molar refractivity (Wildman–Crippen MR) is 48.2 cm³/mol. The van der Waals surface area contributed by atoms with Gasteiger partial charge in [-0.05, 0) is 27.1 Å². The molecule has 0 saturated heterocycles. The summed E-state index contributed by atoms with van der Waals surface area (Å²) in [5, 5.41) is 0. The Balaban J connectivity index is 3.26. The number of methoxy groups -OCH3 is 1. The van der Waals surface area contributed by atoms with Gasteiger partial charge in [-0.25, -0.2) is 0 Å². The van der Waals surface area contributed by atoms with E-state index in [-0.39, 0.29) is 0 Å². The Morgan fingerprint density at radius 3 is 2.55 bits per heavy atom. The van der Waals surface area contributed by atoms with E-state index in [1.165, 1.54) is 0 Å². The number of nitrogens with zero attached hydrogens (tertiary/aromatic N) is 2. The van der Waals surface area contributed by atoms with E-state index in [9.17, 15) is 0 Å². The lowest BCUT2D eigenvalue weighted by atomic mass is 10.4. The van der Waals surface area contributed by atoms with Crippen molar-refractivity contribution in [1.82, 2.24) is 4.90 Å². The monoisotopic (exact) mass is 158 g/mol. The summed E-state index contributed by atoms with van der Waals surface area (Å²) >= 11 is 0. The molecule has 0 atom stereocenters. The van der Waals surface area contributed by atoms with Gasteiger partial charge in [-0.2, -0.15) is 0 Å². The summed E-state index contributed by atoms with van der Waals surface area (Å²) in [5.74, 6) is 0.767. The molecule has 0 unspecified atom stereocenters. The lowest BCUT2D eigenvalue weighted by Gasteiger charge is -2.06. The summed E-state index contributed by atoms with van der Waals surface area (Å²) in [7, 11) is 5.77. The molecule has 0 aromatic rings. The van der Waals surface area contributed by atoms with E-state index >= 15 is 0 Å². The topological polar surface area (TPSA) is 24.8 Å². The molecular weight excluding hydrogens is 140 g/mol. The van der Waals surface area contributed by atoms with Gasteiger partial charge in [0.1, 0.15) is 0 Å². The molecule has 0 aromatic heterocycles. The maximum Gasteiger partial charge on any atom is 0.179 e. The zero-order valence-electron chi connectivity index (χ0n) is 7.92. The molecule has 0 spiro atoms. The van der Waals surface area contributed by atoms with Gasteiger partial charge < -0.3 is 9.64 Å². The Hall–Kier alpha value is -0.570. The van der Waals surface area contributed by atoms with Gasteiger partial charge in [0.25, 0.3) is 0 Å². The molecule has 0 rings (SSSR count). The minimum atomic E-state index is 0.767. The van der Waals surface area contributed by atoms with Crippen LogP contribution in [0.5, 0.6) is 0 Å². The van der Waals surface area contributed by atoms with Crippen LogP contribution in [0.3, 0.4) is 0 Å². The maximum atomic E-state index is 4.89. The smallest absolute Gasteiger partial charge is 0.179 e. The predicted octanol–water partition coefficient (Wildman–Crippen LogP) is 1.00. The first kappa shape index (κ1) is 10.4. The fourth-order valence-electron chi connectivity index (χ4n) is 0.688. The highest BCUT2D eigenvalue weighted by Crippen LogP contribution is 1.86. The Morgan fingerprint density at radius 1 is 1.45 bits per heavy atom. The van der Waals surface area contributed by atoms with E-state index in [1.54, 1.807) is 7.11 Å². The zero-order chi connectivity index (χ0) is 8.69. The van der Waals surface area contributed by atoms with Crippen LogP contribution < -0.4 is 0 Å². The fourth-order valence-corrected chi connectivity index (χ4v) is 0.688. The highest BCUT2D eigenvalue weighted by Gasteiger charge is 1.89. The zero-order valence-corrected chi connectivity index (χ0v) is 7.92. The minimum absolute atomic E-state index is 0.767. The quantitative estimate of drug-likeness (QED) is 0.346. The molecule has 66 valence electrons. The molecule has 0 aliphatic carbocycles. The SMILES string of the molecule is CO/C(C)=N\CCCN(C)C. The average Bonchev–Trinajstić information content (AvgIpc) is 1.97. The van der Waals surface area contributed by atoms with Crippen molar-refractivity contribution in [2.75, 3.05) is 34.3 Å². The summed E-state index contributed by atoms with van der Waals surface area (Å²) in [5.41, 5.74) is 0. The van der Waals surface area contributed by atoms with Gasteiger partial charge >= 0.3 is 0 Å². The third-order valence-electron chi connectivity index (χ3n) is 1.39. The standard InChI is InChI=1S/C8H18N2O/c1-8(11-4)9-6-5-7-10(2)3/h5-7H2,1-4H3/b9-8-. The largest absolute Gasteiger partial charge is 0.484 e. The highest BCUT2D eigenvalue weighted by atomic mass is 16.5. The van der Waals surface area contributed by atoms with Crippen molar-refractivity contribution >= 4 is 5.90 Å². The number of hydrogen-bond acceptors (Lipinski definition) is 3. The van der Waals surface area contributed by atoms with Gasteiger partial charge in [0.15, 0.2) is 5.90 Å². The molecule has 0 fully saturated rings. The van der Waals surface area contributed by atoms with Crippen LogP contribution in [-0.4, -0.2) is 45.1 Å². The number of rotatable bonds is 4. The molecule has 11 heavy (non-hydrogen) atoms. The van der Waals surface area contributed by atoms with E-state index < -0.39 is 0 Å². The van der Waals surface area contributed by atoms with E-state index in [0.29, 0.717) is 0 Å². The fraction of sp³-hybridized carbons (Fsp3) is 0.875. The molecule has 0 bridgehead atoms. The molecule has 0 aromatic carbocycles. The first-order valence-electron chi connectivity index (χ1n) is 3.86. The van der Waals surface area contributed by atoms with Gasteiger partial charge in [-0.1, -0.05) is 0 Å². The lowest BCUT2D eigenvalue weighted by molar-refractivity contribution is 0.389. The van der Waals surface area contributed by atoms with Crippen LogP contribution in [0.25, 0.3) is 0 Å². The molecular formula is C8H18N2O. The minimum Gasteiger partial charge on any atom is -0.484 e. The molecule has 3 heteroatoms. The molecule has 3 nitrogen and oxygen atoms in total. The summed E-state index contributed by atoms with van der Waals surface area (Å²) in [4.78, 5) is 6.33. The van der Waals surface area contributed by atoms with Crippen LogP contribution in [-0.2, 0) is 4.74 Å². The molecule has 0 aliphatic rings. The van der Waals surface area contributed by atoms with Crippen molar-refractivity contribution in [3.05, 3.63) is 0 Å². The van der Waals surface area contributed by atoms with Crippen molar-refractivity contribution in [1.29, 1.82) is 0 Å². The van der Waals surface area contributed by atoms with E-state index in [4.69, 9.17) is 4.74 Å². The van der Waals surface area contributed by atoms with Gasteiger partial charge in [-0.15, -0.1) is 0 Å². The second kappa shape index (κ2) is 6.16. The van der Waals surface area contributed by atoms with Gasteiger partial charge in [0, 0.05) is 13.5 Å². The first-order valence-corrected chi connectivity index (χ1v) is 3.86. The summed E-state index contributed by atoms with van der Waals surface area (Å²) < 4.78 is 4.89. The normalized spacial score (nSPS) is 12.3. The third-order valence-corrected chi connectivity index (χ3v) is 1.39. The van der Waals surface area contributed by atoms with Gasteiger partial charge in [0.05, 0.1) is 7.11 Å². The van der Waals surface area contributed by atoms with Crippen LogP contribution in [0.4, 0.5) is 0 Å². The molecule has 0 saturated carbocycles. The van der Waals surface area contributed by atoms with Gasteiger partial charge in [-0.3, -0.25) is 4.99 Å². The van der Waals surface area contributed by atoms with Crippen LogP contribution in [0, 0.1) is 0 Å². The van der Waals surface area contributed by atoms with Crippen molar-refractivity contribution in [2.24, 2.45) is 4.99 Å². The van der Waals surface area contributed by atoms with Crippen LogP contribution in [0.1, 0.15) is 13.3 Å². The first-order chi connectivity index (χ1) is 5.16. The van der Waals surface area contributed by atoms with Crippen LogP contribution >= 0.6 is 0 Å². The molecule has 0 N–H and O–H groups in total. The van der Waals surface area contributed by atoms with E-state index in [1.807, 2.05) is 6.92 Å². The molecule has 0 heterocycles. The van der Waals surface area contributed by atoms with Crippen molar-refractivity contribution in [2.45, 2.75) is 13.3 Å². The second-order valence-electron chi connectivity index (χ2n) is 2.76. The van der Waals surface area contributed by atoms with Crippen LogP contribution in [0.2, 0.25) is 0 Å². The summed E-state index contributed by atoms with van der Waals surface area (Å²) in [6, 6.07) is 0. The Kier molecular flexibility index (Phi) is 5.84. The number of aliphatic imine (C=N–C) groups is 1. The van der Waals surface area contributed by atoms with Crippen LogP contribution in [0.15, 0.2) is 4.99 Å². The Bertz CT molecular complexity index is 121. The number of hydrogen-bond donors (Lipinski definition) is 0. The molecule has 0 aliphatic heterocycles. The van der Waals surface area contributed by atoms with E-state index in [2.05, 4.69) is 24.0 Å². The van der Waals surface area contributed by atoms with Crippen molar-refractivity contribution < 1.29 is 4.74 Å². The highest BCUT2D eigenvalue weighted by molar-refractivity contribution is 5.72. The lowest BCUT2D eigenvalue weighted by Crippen LogP contribution is -2.13. The van der Waals surface area contributed by atoms with E-state index in [0.717, 1.165) is 25.4 Å². The maximum absolute atomic E-state index is 4.89. The molecule has 0 amide bonds. The third kappa shape index (κ3) is 7.33. The second-order valence-corrected chi connectivity index (χ2v) is 2.76. The van der Waals surface area contributed by atoms with Crippen molar-refractivity contribution in [3.8, 4) is 0 Å². The molecule has 0 radical (unpaired) electrons. The van der Waals surface area contributed by atoms with Gasteiger partial charge in [0.2, 0.25) is 0 Å². The average molecular weight is 158 g/mol. The summed E-state index contributed by atoms with van der Waals surface area (Å²) in [6.07, 6.45) is 1.09. The Labute approximate surface area is 69.1 Å². The Morgan fingerprint density at radius 2 is 2.09 bits per heavy atom. The number of ether oxygens (including phenoxy) is 1. The van der Waals surface area contributed by atoms with Crippen molar-refractivity contribution in [3.63, 3.8) is 0 Å².